The van der Waals surface area contributed by atoms with Crippen LogP contribution in [0.1, 0.15) is 18.9 Å². The van der Waals surface area contributed by atoms with Crippen molar-refractivity contribution in [1.82, 2.24) is 14.8 Å². The lowest BCUT2D eigenvalue weighted by molar-refractivity contribution is -0.113. The van der Waals surface area contributed by atoms with Crippen LogP contribution < -0.4 is 10.1 Å². The molecule has 0 aliphatic heterocycles. The second kappa shape index (κ2) is 11.3. The van der Waals surface area contributed by atoms with Crippen molar-refractivity contribution in [1.29, 1.82) is 0 Å². The van der Waals surface area contributed by atoms with Crippen molar-refractivity contribution in [2.75, 3.05) is 11.1 Å². The molecule has 0 fully saturated rings. The Bertz CT molecular complexity index is 1300. The fourth-order valence-electron chi connectivity index (χ4n) is 3.14. The zero-order chi connectivity index (χ0) is 24.1. The number of hydrogen-bond acceptors (Lipinski definition) is 5. The van der Waals surface area contributed by atoms with E-state index in [-0.39, 0.29) is 11.7 Å². The van der Waals surface area contributed by atoms with E-state index in [9.17, 15) is 4.79 Å². The van der Waals surface area contributed by atoms with E-state index in [1.165, 1.54) is 11.8 Å². The molecule has 0 saturated heterocycles. The number of nitrogens with zero attached hydrogens (tertiary/aromatic N) is 3. The molecular formula is C24H19BrCl2N4O2S. The number of amides is 1. The average Bonchev–Trinajstić information content (AvgIpc) is 3.26. The number of benzene rings is 3. The Balaban J connectivity index is 1.54. The van der Waals surface area contributed by atoms with Gasteiger partial charge in [0.2, 0.25) is 5.91 Å². The third kappa shape index (κ3) is 5.93. The Labute approximate surface area is 219 Å². The standard InChI is InChI=1S/C24H19BrCl2N4O2S/c1-15(33-21-10-6-5-9-19(21)26)23-29-30-24(31(23)17-7-3-2-4-8-17)34-14-22(32)28-16-11-12-18(25)20(27)13-16/h2-13,15H,14H2,1H3,(H,28,32). The lowest BCUT2D eigenvalue weighted by Crippen LogP contribution is -2.15. The number of ether oxygens (including phenoxy) is 1. The number of halogens is 3. The van der Waals surface area contributed by atoms with Gasteiger partial charge in [0.25, 0.3) is 0 Å². The second-order valence-corrected chi connectivity index (χ2v) is 9.78. The van der Waals surface area contributed by atoms with Crippen molar-refractivity contribution in [2.45, 2.75) is 18.2 Å². The van der Waals surface area contributed by atoms with Crippen molar-refractivity contribution < 1.29 is 9.53 Å². The van der Waals surface area contributed by atoms with Crippen molar-refractivity contribution in [3.63, 3.8) is 0 Å². The molecule has 6 nitrogen and oxygen atoms in total. The van der Waals surface area contributed by atoms with Gasteiger partial charge in [-0.15, -0.1) is 10.2 Å². The Morgan fingerprint density at radius 3 is 2.53 bits per heavy atom. The van der Waals surface area contributed by atoms with Crippen molar-refractivity contribution >= 4 is 62.5 Å². The summed E-state index contributed by atoms with van der Waals surface area (Å²) in [7, 11) is 0. The molecule has 0 bridgehead atoms. The molecule has 10 heteroatoms. The van der Waals surface area contributed by atoms with Gasteiger partial charge in [-0.25, -0.2) is 0 Å². The Hall–Kier alpha value is -2.52. The predicted molar refractivity (Wildman–Crippen MR) is 140 cm³/mol. The van der Waals surface area contributed by atoms with Gasteiger partial charge in [-0.2, -0.15) is 0 Å². The van der Waals surface area contributed by atoms with E-state index < -0.39 is 6.10 Å². The van der Waals surface area contributed by atoms with Crippen LogP contribution in [0, 0.1) is 0 Å². The molecule has 1 N–H and O–H groups in total. The minimum atomic E-state index is -0.444. The summed E-state index contributed by atoms with van der Waals surface area (Å²) in [6.45, 7) is 1.88. The van der Waals surface area contributed by atoms with Crippen LogP contribution in [0.4, 0.5) is 5.69 Å². The third-order valence-corrected chi connectivity index (χ3v) is 7.19. The molecule has 174 valence electrons. The number of thioether (sulfide) groups is 1. The summed E-state index contributed by atoms with van der Waals surface area (Å²) >= 11 is 17.0. The molecule has 4 aromatic rings. The van der Waals surface area contributed by atoms with E-state index >= 15 is 0 Å². The first-order chi connectivity index (χ1) is 16.4. The van der Waals surface area contributed by atoms with E-state index in [4.69, 9.17) is 27.9 Å². The van der Waals surface area contributed by atoms with Gasteiger partial charge in [-0.3, -0.25) is 9.36 Å². The molecule has 3 aromatic carbocycles. The maximum absolute atomic E-state index is 12.6. The van der Waals surface area contributed by atoms with Crippen molar-refractivity contribution in [3.05, 3.63) is 93.1 Å². The van der Waals surface area contributed by atoms with Gasteiger partial charge in [0, 0.05) is 15.8 Å². The van der Waals surface area contributed by atoms with Crippen LogP contribution in [0.15, 0.2) is 82.4 Å². The fraction of sp³-hybridized carbons (Fsp3) is 0.125. The quantitative estimate of drug-likeness (QED) is 0.224. The molecule has 1 atom stereocenters. The van der Waals surface area contributed by atoms with Gasteiger partial charge in [0.15, 0.2) is 17.1 Å². The first-order valence-corrected chi connectivity index (χ1v) is 12.8. The lowest BCUT2D eigenvalue weighted by atomic mass is 10.3. The van der Waals surface area contributed by atoms with Crippen LogP contribution >= 0.6 is 50.9 Å². The number of carbonyl (C=O) groups excluding carboxylic acids is 1. The fourth-order valence-corrected chi connectivity index (χ4v) is 4.51. The van der Waals surface area contributed by atoms with Crippen LogP contribution in [-0.4, -0.2) is 26.4 Å². The van der Waals surface area contributed by atoms with Crippen LogP contribution in [0.3, 0.4) is 0 Å². The lowest BCUT2D eigenvalue weighted by Gasteiger charge is -2.17. The van der Waals surface area contributed by atoms with Gasteiger partial charge in [0.1, 0.15) is 5.75 Å². The molecular weight excluding hydrogens is 559 g/mol. The number of anilines is 1. The van der Waals surface area contributed by atoms with Crippen molar-refractivity contribution in [2.24, 2.45) is 0 Å². The van der Waals surface area contributed by atoms with Crippen LogP contribution in [-0.2, 0) is 4.79 Å². The van der Waals surface area contributed by atoms with E-state index in [1.54, 1.807) is 30.3 Å². The normalized spacial score (nSPS) is 11.8. The first-order valence-electron chi connectivity index (χ1n) is 10.2. The summed E-state index contributed by atoms with van der Waals surface area (Å²) in [5, 5.41) is 13.2. The summed E-state index contributed by atoms with van der Waals surface area (Å²) in [5.41, 5.74) is 1.48. The smallest absolute Gasteiger partial charge is 0.234 e. The summed E-state index contributed by atoms with van der Waals surface area (Å²) in [5.74, 6) is 1.10. The highest BCUT2D eigenvalue weighted by Crippen LogP contribution is 2.31. The van der Waals surface area contributed by atoms with Gasteiger partial charge < -0.3 is 10.1 Å². The molecule has 1 amide bonds. The largest absolute Gasteiger partial charge is 0.481 e. The average molecular weight is 578 g/mol. The first kappa shape index (κ1) is 24.6. The molecule has 1 heterocycles. The molecule has 4 rings (SSSR count). The Morgan fingerprint density at radius 1 is 1.06 bits per heavy atom. The monoisotopic (exact) mass is 576 g/mol. The summed E-state index contributed by atoms with van der Waals surface area (Å²) in [4.78, 5) is 12.6. The third-order valence-electron chi connectivity index (χ3n) is 4.71. The molecule has 1 unspecified atom stereocenters. The van der Waals surface area contributed by atoms with Crippen LogP contribution in [0.25, 0.3) is 5.69 Å². The van der Waals surface area contributed by atoms with E-state index in [0.29, 0.717) is 32.5 Å². The number of aromatic nitrogens is 3. The molecule has 0 saturated carbocycles. The molecule has 0 spiro atoms. The number of nitrogens with one attached hydrogen (secondary N) is 1. The van der Waals surface area contributed by atoms with Gasteiger partial charge in [-0.1, -0.05) is 65.3 Å². The number of rotatable bonds is 8. The highest BCUT2D eigenvalue weighted by atomic mass is 79.9. The van der Waals surface area contributed by atoms with Gasteiger partial charge >= 0.3 is 0 Å². The summed E-state index contributed by atoms with van der Waals surface area (Å²) in [6.07, 6.45) is -0.444. The topological polar surface area (TPSA) is 69.0 Å². The minimum absolute atomic E-state index is 0.137. The van der Waals surface area contributed by atoms with Crippen LogP contribution in [0.2, 0.25) is 10.0 Å². The SMILES string of the molecule is CC(Oc1ccccc1Cl)c1nnc(SCC(=O)Nc2ccc(Br)c(Cl)c2)n1-c1ccccc1. The Morgan fingerprint density at radius 2 is 1.79 bits per heavy atom. The maximum Gasteiger partial charge on any atom is 0.234 e. The van der Waals surface area contributed by atoms with Gasteiger partial charge in [-0.05, 0) is 65.3 Å². The summed E-state index contributed by atoms with van der Waals surface area (Å²) in [6, 6.07) is 22.2. The molecule has 0 radical (unpaired) electrons. The zero-order valence-electron chi connectivity index (χ0n) is 17.9. The highest BCUT2D eigenvalue weighted by molar-refractivity contribution is 9.10. The predicted octanol–water partition coefficient (Wildman–Crippen LogP) is 7.21. The molecule has 0 aliphatic carbocycles. The minimum Gasteiger partial charge on any atom is -0.481 e. The Kier molecular flexibility index (Phi) is 8.15. The van der Waals surface area contributed by atoms with E-state index in [2.05, 4.69) is 31.4 Å². The number of hydrogen-bond donors (Lipinski definition) is 1. The maximum atomic E-state index is 12.6. The second-order valence-electron chi connectivity index (χ2n) is 7.17. The molecule has 34 heavy (non-hydrogen) atoms. The highest BCUT2D eigenvalue weighted by Gasteiger charge is 2.22. The van der Waals surface area contributed by atoms with E-state index in [0.717, 1.165) is 10.2 Å². The van der Waals surface area contributed by atoms with E-state index in [1.807, 2.05) is 54.0 Å². The number of carbonyl (C=O) groups is 1. The van der Waals surface area contributed by atoms with Crippen LogP contribution in [0.5, 0.6) is 5.75 Å². The molecule has 0 aliphatic rings. The van der Waals surface area contributed by atoms with Gasteiger partial charge in [0.05, 0.1) is 15.8 Å². The zero-order valence-corrected chi connectivity index (χ0v) is 21.8. The molecule has 1 aromatic heterocycles. The number of para-hydroxylation sites is 2. The van der Waals surface area contributed by atoms with Crippen molar-refractivity contribution in [3.8, 4) is 11.4 Å². The summed E-state index contributed by atoms with van der Waals surface area (Å²) < 4.78 is 8.72.